The number of esters is 1. The van der Waals surface area contributed by atoms with Gasteiger partial charge >= 0.3 is 5.97 Å². The van der Waals surface area contributed by atoms with Crippen LogP contribution in [0.25, 0.3) is 6.08 Å². The normalized spacial score (nSPS) is 10.9. The van der Waals surface area contributed by atoms with Crippen molar-refractivity contribution in [3.63, 3.8) is 0 Å². The molecule has 1 rings (SSSR count). The Labute approximate surface area is 150 Å². The highest BCUT2D eigenvalue weighted by Gasteiger charge is 2.08. The maximum Gasteiger partial charge on any atom is 0.331 e. The molecule has 1 aromatic rings. The van der Waals surface area contributed by atoms with Crippen LogP contribution in [0.3, 0.4) is 0 Å². The van der Waals surface area contributed by atoms with Crippen LogP contribution in [-0.4, -0.2) is 37.2 Å². The molecule has 0 fully saturated rings. The molecule has 1 amide bonds. The average molecular weight is 400 g/mol. The number of benzene rings is 1. The van der Waals surface area contributed by atoms with Crippen LogP contribution in [0.5, 0.6) is 11.5 Å². The molecule has 0 aliphatic heterocycles. The number of methoxy groups -OCH3 is 1. The predicted molar refractivity (Wildman–Crippen MR) is 94.8 cm³/mol. The molecule has 0 bridgehead atoms. The summed E-state index contributed by atoms with van der Waals surface area (Å²) in [6, 6.07) is 3.20. The number of nitrogens with one attached hydrogen (secondary N) is 1. The maximum atomic E-state index is 11.6. The van der Waals surface area contributed by atoms with Gasteiger partial charge in [0.25, 0.3) is 5.91 Å². The first-order valence-corrected chi connectivity index (χ1v) is 8.30. The number of phenols is 1. The number of carbonyl (C=O) groups is 2. The lowest BCUT2D eigenvalue weighted by atomic mass is 10.1. The summed E-state index contributed by atoms with van der Waals surface area (Å²) >= 11 is 3.20. The first-order valence-electron chi connectivity index (χ1n) is 7.51. The largest absolute Gasteiger partial charge is 0.503 e. The van der Waals surface area contributed by atoms with Crippen LogP contribution in [-0.2, 0) is 14.3 Å². The lowest BCUT2D eigenvalue weighted by Crippen LogP contribution is -2.29. The molecule has 0 atom stereocenters. The Kier molecular flexibility index (Phi) is 8.32. The van der Waals surface area contributed by atoms with Crippen LogP contribution in [0.4, 0.5) is 0 Å². The third-order valence-electron chi connectivity index (χ3n) is 3.07. The highest BCUT2D eigenvalue weighted by molar-refractivity contribution is 9.10. The lowest BCUT2D eigenvalue weighted by Gasteiger charge is -2.07. The van der Waals surface area contributed by atoms with Crippen molar-refractivity contribution in [3.8, 4) is 11.5 Å². The molecule has 132 valence electrons. The molecule has 1 aromatic carbocycles. The zero-order chi connectivity index (χ0) is 18.1. The second-order valence-electron chi connectivity index (χ2n) is 5.53. The molecule has 0 heterocycles. The van der Waals surface area contributed by atoms with Crippen LogP contribution in [0.1, 0.15) is 25.8 Å². The Hall–Kier alpha value is -2.02. The van der Waals surface area contributed by atoms with Crippen LogP contribution in [0, 0.1) is 5.92 Å². The van der Waals surface area contributed by atoms with Crippen molar-refractivity contribution in [3.05, 3.63) is 28.2 Å². The number of phenolic OH excluding ortho intramolecular Hbond substituents is 1. The summed E-state index contributed by atoms with van der Waals surface area (Å²) in [5.41, 5.74) is 0.634. The van der Waals surface area contributed by atoms with Crippen molar-refractivity contribution >= 4 is 33.9 Å². The SMILES string of the molecule is COc1cc(/C=C/C(=O)OCC(=O)NCCC(C)C)cc(Br)c1O. The number of halogens is 1. The molecule has 0 spiro atoms. The van der Waals surface area contributed by atoms with Crippen LogP contribution < -0.4 is 10.1 Å². The van der Waals surface area contributed by atoms with E-state index in [1.165, 1.54) is 19.3 Å². The average Bonchev–Trinajstić information content (AvgIpc) is 2.53. The van der Waals surface area contributed by atoms with E-state index in [1.54, 1.807) is 12.1 Å². The molecule has 7 heteroatoms. The van der Waals surface area contributed by atoms with Crippen molar-refractivity contribution in [2.24, 2.45) is 5.92 Å². The minimum atomic E-state index is -0.628. The number of hydrogen-bond donors (Lipinski definition) is 2. The molecule has 0 aromatic heterocycles. The monoisotopic (exact) mass is 399 g/mol. The summed E-state index contributed by atoms with van der Waals surface area (Å²) in [6.07, 6.45) is 3.59. The van der Waals surface area contributed by atoms with E-state index < -0.39 is 5.97 Å². The van der Waals surface area contributed by atoms with E-state index in [-0.39, 0.29) is 24.0 Å². The summed E-state index contributed by atoms with van der Waals surface area (Å²) in [7, 11) is 1.43. The summed E-state index contributed by atoms with van der Waals surface area (Å²) in [5, 5.41) is 12.4. The van der Waals surface area contributed by atoms with Crippen molar-refractivity contribution in [1.82, 2.24) is 5.32 Å². The van der Waals surface area contributed by atoms with E-state index in [1.807, 2.05) is 0 Å². The fraction of sp³-hybridized carbons (Fsp3) is 0.412. The van der Waals surface area contributed by atoms with Gasteiger partial charge < -0.3 is 19.9 Å². The van der Waals surface area contributed by atoms with Crippen molar-refractivity contribution in [2.45, 2.75) is 20.3 Å². The fourth-order valence-electron chi connectivity index (χ4n) is 1.75. The van der Waals surface area contributed by atoms with Gasteiger partial charge in [0, 0.05) is 12.6 Å². The fourth-order valence-corrected chi connectivity index (χ4v) is 2.21. The molecular weight excluding hydrogens is 378 g/mol. The summed E-state index contributed by atoms with van der Waals surface area (Å²) in [4.78, 5) is 23.1. The molecule has 0 radical (unpaired) electrons. The number of hydrogen-bond acceptors (Lipinski definition) is 5. The van der Waals surface area contributed by atoms with Gasteiger partial charge in [-0.1, -0.05) is 13.8 Å². The minimum absolute atomic E-state index is 0.0182. The number of aromatic hydroxyl groups is 1. The second-order valence-corrected chi connectivity index (χ2v) is 6.38. The van der Waals surface area contributed by atoms with E-state index >= 15 is 0 Å². The molecule has 0 saturated heterocycles. The highest BCUT2D eigenvalue weighted by Crippen LogP contribution is 2.35. The molecule has 0 aliphatic rings. The number of rotatable bonds is 8. The smallest absolute Gasteiger partial charge is 0.331 e. The van der Waals surface area contributed by atoms with E-state index in [0.717, 1.165) is 6.42 Å². The van der Waals surface area contributed by atoms with E-state index in [9.17, 15) is 14.7 Å². The van der Waals surface area contributed by atoms with Crippen molar-refractivity contribution in [1.29, 1.82) is 0 Å². The predicted octanol–water partition coefficient (Wildman–Crippen LogP) is 2.88. The van der Waals surface area contributed by atoms with Gasteiger partial charge in [0.15, 0.2) is 18.1 Å². The Morgan fingerprint density at radius 1 is 1.38 bits per heavy atom. The zero-order valence-electron chi connectivity index (χ0n) is 14.0. The molecule has 0 saturated carbocycles. The molecule has 6 nitrogen and oxygen atoms in total. The minimum Gasteiger partial charge on any atom is -0.503 e. The van der Waals surface area contributed by atoms with Gasteiger partial charge in [-0.05, 0) is 52.0 Å². The molecule has 0 unspecified atom stereocenters. The standard InChI is InChI=1S/C17H22BrNO5/c1-11(2)6-7-19-15(20)10-24-16(21)5-4-12-8-13(18)17(22)14(9-12)23-3/h4-5,8-9,11,22H,6-7,10H2,1-3H3,(H,19,20)/b5-4+. The first kappa shape index (κ1) is 20.0. The Morgan fingerprint density at radius 3 is 2.71 bits per heavy atom. The topological polar surface area (TPSA) is 84.9 Å². The molecule has 24 heavy (non-hydrogen) atoms. The van der Waals surface area contributed by atoms with Gasteiger partial charge in [-0.25, -0.2) is 4.79 Å². The summed E-state index contributed by atoms with van der Waals surface area (Å²) < 4.78 is 10.3. The lowest BCUT2D eigenvalue weighted by molar-refractivity contribution is -0.143. The van der Waals surface area contributed by atoms with Crippen LogP contribution in [0.15, 0.2) is 22.7 Å². The first-order chi connectivity index (χ1) is 11.3. The Balaban J connectivity index is 2.49. The van der Waals surface area contributed by atoms with Gasteiger partial charge in [0.1, 0.15) is 0 Å². The van der Waals surface area contributed by atoms with Gasteiger partial charge in [-0.3, -0.25) is 4.79 Å². The van der Waals surface area contributed by atoms with E-state index in [0.29, 0.717) is 22.5 Å². The highest BCUT2D eigenvalue weighted by atomic mass is 79.9. The number of amides is 1. The molecule has 0 aliphatic carbocycles. The van der Waals surface area contributed by atoms with E-state index in [2.05, 4.69) is 35.1 Å². The Bertz CT molecular complexity index is 613. The molecular formula is C17H22BrNO5. The van der Waals surface area contributed by atoms with Crippen molar-refractivity contribution in [2.75, 3.05) is 20.3 Å². The third kappa shape index (κ3) is 7.04. The van der Waals surface area contributed by atoms with Gasteiger partial charge in [-0.15, -0.1) is 0 Å². The van der Waals surface area contributed by atoms with Crippen molar-refractivity contribution < 1.29 is 24.2 Å². The number of ether oxygens (including phenoxy) is 2. The summed E-state index contributed by atoms with van der Waals surface area (Å²) in [5.74, 6) is -0.196. The van der Waals surface area contributed by atoms with E-state index in [4.69, 9.17) is 9.47 Å². The quantitative estimate of drug-likeness (QED) is 0.518. The van der Waals surface area contributed by atoms with Crippen LogP contribution in [0.2, 0.25) is 0 Å². The van der Waals surface area contributed by atoms with Gasteiger partial charge in [-0.2, -0.15) is 0 Å². The summed E-state index contributed by atoms with van der Waals surface area (Å²) in [6.45, 7) is 4.37. The van der Waals surface area contributed by atoms with Gasteiger partial charge in [0.2, 0.25) is 0 Å². The maximum absolute atomic E-state index is 11.6. The second kappa shape index (κ2) is 9.97. The third-order valence-corrected chi connectivity index (χ3v) is 3.68. The zero-order valence-corrected chi connectivity index (χ0v) is 15.6. The Morgan fingerprint density at radius 2 is 2.08 bits per heavy atom. The van der Waals surface area contributed by atoms with Crippen LogP contribution >= 0.6 is 15.9 Å². The number of carbonyl (C=O) groups excluding carboxylic acids is 2. The molecule has 2 N–H and O–H groups in total. The van der Waals surface area contributed by atoms with Gasteiger partial charge in [0.05, 0.1) is 11.6 Å².